The van der Waals surface area contributed by atoms with Gasteiger partial charge in [0, 0.05) is 24.4 Å². The third kappa shape index (κ3) is 3.95. The van der Waals surface area contributed by atoms with Crippen molar-refractivity contribution >= 4 is 27.3 Å². The van der Waals surface area contributed by atoms with E-state index < -0.39 is 10.0 Å². The molecular weight excluding hydrogens is 406 g/mol. The van der Waals surface area contributed by atoms with E-state index in [1.807, 2.05) is 0 Å². The van der Waals surface area contributed by atoms with Gasteiger partial charge in [-0.3, -0.25) is 9.52 Å². The maximum Gasteiger partial charge on any atom is 0.256 e. The molecule has 2 aromatic heterocycles. The Morgan fingerprint density at radius 2 is 2.00 bits per heavy atom. The van der Waals surface area contributed by atoms with Gasteiger partial charge in [0.25, 0.3) is 5.91 Å². The van der Waals surface area contributed by atoms with Gasteiger partial charge in [-0.05, 0) is 38.3 Å². The molecule has 0 saturated carbocycles. The van der Waals surface area contributed by atoms with Crippen LogP contribution >= 0.6 is 0 Å². The first-order chi connectivity index (χ1) is 14.2. The Morgan fingerprint density at radius 3 is 2.77 bits per heavy atom. The minimum atomic E-state index is -3.53. The van der Waals surface area contributed by atoms with Crippen molar-refractivity contribution < 1.29 is 18.3 Å². The first-order valence-corrected chi connectivity index (χ1v) is 11.6. The highest BCUT2D eigenvalue weighted by molar-refractivity contribution is 7.92. The lowest BCUT2D eigenvalue weighted by Gasteiger charge is -2.35. The van der Waals surface area contributed by atoms with Gasteiger partial charge >= 0.3 is 0 Å². The maximum absolute atomic E-state index is 13.4. The summed E-state index contributed by atoms with van der Waals surface area (Å²) in [5.41, 5.74) is 2.36. The number of aromatic hydroxyl groups is 1. The number of para-hydroxylation sites is 1. The van der Waals surface area contributed by atoms with E-state index in [0.29, 0.717) is 23.6 Å². The lowest BCUT2D eigenvalue weighted by molar-refractivity contribution is 0.0607. The molecule has 1 aliphatic rings. The number of carbonyl (C=O) groups is 1. The monoisotopic (exact) mass is 429 g/mol. The molecule has 158 valence electrons. The lowest BCUT2D eigenvalue weighted by atomic mass is 9.98. The first kappa shape index (κ1) is 20.1. The standard InChI is InChI=1S/C20H23N5O4S/c1-13-11-19(26)25-18(21-13)12-16(22-25)17-9-5-6-10-24(17)20(27)14-7-3-4-8-15(14)23-30(2,28)29/h3-4,7-8,11-12,17,23,26H,5-6,9-10H2,1-2H3. The van der Waals surface area contributed by atoms with Gasteiger partial charge in [-0.1, -0.05) is 12.1 Å². The fraction of sp³-hybridized carbons (Fsp3) is 0.350. The molecule has 0 spiro atoms. The van der Waals surface area contributed by atoms with Gasteiger partial charge in [0.1, 0.15) is 0 Å². The van der Waals surface area contributed by atoms with Gasteiger partial charge in [0.2, 0.25) is 15.9 Å². The molecule has 3 aromatic rings. The van der Waals surface area contributed by atoms with Crippen LogP contribution < -0.4 is 4.72 Å². The summed E-state index contributed by atoms with van der Waals surface area (Å²) in [4.78, 5) is 19.5. The van der Waals surface area contributed by atoms with E-state index in [1.54, 1.807) is 42.2 Å². The second-order valence-corrected chi connectivity index (χ2v) is 9.27. The third-order valence-electron chi connectivity index (χ3n) is 5.11. The molecule has 0 bridgehead atoms. The van der Waals surface area contributed by atoms with Gasteiger partial charge in [0.15, 0.2) is 5.65 Å². The molecule has 1 unspecified atom stereocenters. The topological polar surface area (TPSA) is 117 Å². The predicted molar refractivity (Wildman–Crippen MR) is 112 cm³/mol. The van der Waals surface area contributed by atoms with Crippen LogP contribution in [0.15, 0.2) is 36.4 Å². The summed E-state index contributed by atoms with van der Waals surface area (Å²) in [6, 6.07) is 9.58. The molecule has 1 aliphatic heterocycles. The average Bonchev–Trinajstić information content (AvgIpc) is 3.11. The zero-order valence-corrected chi connectivity index (χ0v) is 17.6. The number of aromatic nitrogens is 3. The van der Waals surface area contributed by atoms with Crippen LogP contribution in [0.3, 0.4) is 0 Å². The van der Waals surface area contributed by atoms with Gasteiger partial charge in [-0.25, -0.2) is 13.4 Å². The highest BCUT2D eigenvalue weighted by Gasteiger charge is 2.32. The number of rotatable bonds is 4. The van der Waals surface area contributed by atoms with Crippen LogP contribution in [0.25, 0.3) is 5.65 Å². The summed E-state index contributed by atoms with van der Waals surface area (Å²) in [5, 5.41) is 14.7. The fourth-order valence-electron chi connectivity index (χ4n) is 3.86. The van der Waals surface area contributed by atoms with E-state index in [9.17, 15) is 18.3 Å². The molecule has 1 atom stereocenters. The summed E-state index contributed by atoms with van der Waals surface area (Å²) in [7, 11) is -3.53. The van der Waals surface area contributed by atoms with E-state index in [0.717, 1.165) is 25.5 Å². The molecule has 10 heteroatoms. The lowest BCUT2D eigenvalue weighted by Crippen LogP contribution is -2.39. The van der Waals surface area contributed by atoms with Gasteiger partial charge < -0.3 is 10.0 Å². The number of fused-ring (bicyclic) bond motifs is 1. The molecule has 9 nitrogen and oxygen atoms in total. The Bertz CT molecular complexity index is 1220. The number of nitrogens with one attached hydrogen (secondary N) is 1. The molecule has 3 heterocycles. The van der Waals surface area contributed by atoms with Crippen LogP contribution in [0.4, 0.5) is 5.69 Å². The highest BCUT2D eigenvalue weighted by Crippen LogP contribution is 2.33. The van der Waals surface area contributed by atoms with Crippen LogP contribution in [0.5, 0.6) is 5.88 Å². The van der Waals surface area contributed by atoms with Crippen LogP contribution in [0, 0.1) is 6.92 Å². The van der Waals surface area contributed by atoms with Crippen LogP contribution in [0.1, 0.15) is 47.1 Å². The number of nitrogens with zero attached hydrogens (tertiary/aromatic N) is 4. The minimum absolute atomic E-state index is 0.0138. The number of piperidine rings is 1. The summed E-state index contributed by atoms with van der Waals surface area (Å²) in [6.45, 7) is 2.32. The van der Waals surface area contributed by atoms with E-state index in [-0.39, 0.29) is 29.1 Å². The van der Waals surface area contributed by atoms with Crippen molar-refractivity contribution in [3.63, 3.8) is 0 Å². The smallest absolute Gasteiger partial charge is 0.256 e. The molecule has 1 amide bonds. The first-order valence-electron chi connectivity index (χ1n) is 9.67. The molecule has 30 heavy (non-hydrogen) atoms. The number of amides is 1. The quantitative estimate of drug-likeness (QED) is 0.658. The van der Waals surface area contributed by atoms with Gasteiger partial charge in [-0.2, -0.15) is 9.61 Å². The van der Waals surface area contributed by atoms with Crippen LogP contribution in [-0.4, -0.2) is 51.7 Å². The Balaban J connectivity index is 1.72. The maximum atomic E-state index is 13.4. The summed E-state index contributed by atoms with van der Waals surface area (Å²) < 4.78 is 27.2. The van der Waals surface area contributed by atoms with Crippen molar-refractivity contribution in [3.8, 4) is 5.88 Å². The summed E-state index contributed by atoms with van der Waals surface area (Å²) >= 11 is 0. The molecular formula is C20H23N5O4S. The van der Waals surface area contributed by atoms with E-state index in [1.165, 1.54) is 10.6 Å². The average molecular weight is 430 g/mol. The Kier molecular flexibility index (Phi) is 5.10. The molecule has 1 fully saturated rings. The number of hydrogen-bond acceptors (Lipinski definition) is 6. The largest absolute Gasteiger partial charge is 0.493 e. The second kappa shape index (κ2) is 7.60. The molecule has 1 aromatic carbocycles. The molecule has 0 aliphatic carbocycles. The number of likely N-dealkylation sites (tertiary alicyclic amines) is 1. The summed E-state index contributed by atoms with van der Waals surface area (Å²) in [6.07, 6.45) is 3.55. The molecule has 2 N–H and O–H groups in total. The number of carbonyl (C=O) groups excluding carboxylic acids is 1. The van der Waals surface area contributed by atoms with E-state index in [4.69, 9.17) is 0 Å². The third-order valence-corrected chi connectivity index (χ3v) is 5.70. The van der Waals surface area contributed by atoms with Crippen molar-refractivity contribution in [2.45, 2.75) is 32.2 Å². The second-order valence-electron chi connectivity index (χ2n) is 7.52. The number of anilines is 1. The summed E-state index contributed by atoms with van der Waals surface area (Å²) in [5.74, 6) is -0.281. The Labute approximate surface area is 174 Å². The number of aryl methyl sites for hydroxylation is 1. The Morgan fingerprint density at radius 1 is 1.23 bits per heavy atom. The van der Waals surface area contributed by atoms with E-state index >= 15 is 0 Å². The number of hydrogen-bond donors (Lipinski definition) is 2. The molecule has 4 rings (SSSR count). The molecule has 0 radical (unpaired) electrons. The highest BCUT2D eigenvalue weighted by atomic mass is 32.2. The van der Waals surface area contributed by atoms with Gasteiger partial charge in [-0.15, -0.1) is 0 Å². The number of benzene rings is 1. The van der Waals surface area contributed by atoms with Crippen LogP contribution in [-0.2, 0) is 10.0 Å². The zero-order valence-electron chi connectivity index (χ0n) is 16.7. The van der Waals surface area contributed by atoms with Gasteiger partial charge in [0.05, 0.1) is 29.2 Å². The number of sulfonamides is 1. The normalized spacial score (nSPS) is 17.3. The molecule has 1 saturated heterocycles. The van der Waals surface area contributed by atoms with Crippen molar-refractivity contribution in [3.05, 3.63) is 53.3 Å². The van der Waals surface area contributed by atoms with Crippen LogP contribution in [0.2, 0.25) is 0 Å². The zero-order chi connectivity index (χ0) is 21.5. The fourth-order valence-corrected chi connectivity index (χ4v) is 4.43. The van der Waals surface area contributed by atoms with Crippen molar-refractivity contribution in [1.82, 2.24) is 19.5 Å². The minimum Gasteiger partial charge on any atom is -0.493 e. The SMILES string of the molecule is Cc1cc(O)n2nc(C3CCCCN3C(=O)c3ccccc3NS(C)(=O)=O)cc2n1. The van der Waals surface area contributed by atoms with Crippen molar-refractivity contribution in [2.24, 2.45) is 0 Å². The predicted octanol–water partition coefficient (Wildman–Crippen LogP) is 2.48. The van der Waals surface area contributed by atoms with Crippen molar-refractivity contribution in [2.75, 3.05) is 17.5 Å². The Hall–Kier alpha value is -3.14. The van der Waals surface area contributed by atoms with E-state index in [2.05, 4.69) is 14.8 Å². The van der Waals surface area contributed by atoms with Crippen molar-refractivity contribution in [1.29, 1.82) is 0 Å².